The number of hydrogen-bond donors (Lipinski definition) is 1. The Morgan fingerprint density at radius 3 is 2.50 bits per heavy atom. The van der Waals surface area contributed by atoms with Crippen LogP contribution in [0.3, 0.4) is 0 Å². The van der Waals surface area contributed by atoms with E-state index in [2.05, 4.69) is 10.3 Å². The standard InChI is InChI=1S/C26H21F2N5O3/c1-35-26-20(3-2-8-31-26)25(34)32-22-11-16(14-29)17(15-30)12-23(22)33-9-6-19(7-10-33)36-24-5-4-18(27)13-21(24)28/h2-5,8,11-13,19H,6-7,9-10H2,1H3,(H,32,34). The van der Waals surface area contributed by atoms with Crippen molar-refractivity contribution in [3.05, 3.63) is 77.0 Å². The summed E-state index contributed by atoms with van der Waals surface area (Å²) in [6.07, 6.45) is 2.23. The van der Waals surface area contributed by atoms with Crippen molar-refractivity contribution in [1.29, 1.82) is 10.5 Å². The Kier molecular flexibility index (Phi) is 7.26. The maximum absolute atomic E-state index is 14.0. The van der Waals surface area contributed by atoms with Crippen LogP contribution in [-0.4, -0.2) is 37.2 Å². The number of pyridine rings is 1. The average molecular weight is 489 g/mol. The van der Waals surface area contributed by atoms with Gasteiger partial charge in [0.15, 0.2) is 11.6 Å². The summed E-state index contributed by atoms with van der Waals surface area (Å²) in [7, 11) is 1.41. The highest BCUT2D eigenvalue weighted by Crippen LogP contribution is 2.33. The summed E-state index contributed by atoms with van der Waals surface area (Å²) in [6, 6.07) is 13.4. The van der Waals surface area contributed by atoms with Crippen LogP contribution in [0.1, 0.15) is 34.3 Å². The molecule has 1 aliphatic rings. The fourth-order valence-electron chi connectivity index (χ4n) is 4.02. The molecule has 10 heteroatoms. The third-order valence-corrected chi connectivity index (χ3v) is 5.80. The number of piperidine rings is 1. The molecule has 4 rings (SSSR count). The van der Waals surface area contributed by atoms with Crippen LogP contribution in [0.15, 0.2) is 48.7 Å². The van der Waals surface area contributed by atoms with Crippen molar-refractivity contribution in [3.8, 4) is 23.8 Å². The number of halogens is 2. The number of amides is 1. The first kappa shape index (κ1) is 24.4. The van der Waals surface area contributed by atoms with E-state index >= 15 is 0 Å². The molecule has 1 aromatic heterocycles. The van der Waals surface area contributed by atoms with Crippen LogP contribution in [0.4, 0.5) is 20.2 Å². The van der Waals surface area contributed by atoms with E-state index in [1.807, 2.05) is 17.0 Å². The number of hydrogen-bond acceptors (Lipinski definition) is 7. The molecule has 1 amide bonds. The summed E-state index contributed by atoms with van der Waals surface area (Å²) < 4.78 is 38.1. The zero-order valence-electron chi connectivity index (χ0n) is 19.3. The highest BCUT2D eigenvalue weighted by molar-refractivity contribution is 6.07. The largest absolute Gasteiger partial charge is 0.487 e. The summed E-state index contributed by atoms with van der Waals surface area (Å²) in [5.41, 5.74) is 1.43. The Bertz CT molecular complexity index is 1370. The second-order valence-corrected chi connectivity index (χ2v) is 8.03. The first-order valence-corrected chi connectivity index (χ1v) is 11.1. The maximum atomic E-state index is 14.0. The summed E-state index contributed by atoms with van der Waals surface area (Å²) in [4.78, 5) is 19.0. The van der Waals surface area contributed by atoms with Crippen molar-refractivity contribution >= 4 is 17.3 Å². The molecule has 2 heterocycles. The van der Waals surface area contributed by atoms with Crippen LogP contribution in [0, 0.1) is 34.3 Å². The monoisotopic (exact) mass is 489 g/mol. The molecule has 0 bridgehead atoms. The van der Waals surface area contributed by atoms with Gasteiger partial charge in [-0.1, -0.05) is 0 Å². The Labute approximate surface area is 206 Å². The number of carbonyl (C=O) groups is 1. The Morgan fingerprint density at radius 1 is 1.11 bits per heavy atom. The number of methoxy groups -OCH3 is 1. The van der Waals surface area contributed by atoms with E-state index in [-0.39, 0.29) is 34.4 Å². The molecule has 1 saturated heterocycles. The minimum absolute atomic E-state index is 0.0154. The molecule has 0 saturated carbocycles. The summed E-state index contributed by atoms with van der Waals surface area (Å²) in [6.45, 7) is 0.951. The van der Waals surface area contributed by atoms with Gasteiger partial charge >= 0.3 is 0 Å². The second kappa shape index (κ2) is 10.7. The maximum Gasteiger partial charge on any atom is 0.261 e. The molecule has 3 aromatic rings. The molecular weight excluding hydrogens is 468 g/mol. The SMILES string of the molecule is COc1ncccc1C(=O)Nc1cc(C#N)c(C#N)cc1N1CCC(Oc2ccc(F)cc2F)CC1. The number of anilines is 2. The number of carbonyl (C=O) groups excluding carboxylic acids is 1. The highest BCUT2D eigenvalue weighted by Gasteiger charge is 2.25. The predicted molar refractivity (Wildman–Crippen MR) is 127 cm³/mol. The van der Waals surface area contributed by atoms with Gasteiger partial charge < -0.3 is 19.7 Å². The van der Waals surface area contributed by atoms with E-state index in [0.29, 0.717) is 37.3 Å². The number of rotatable bonds is 6. The molecule has 8 nitrogen and oxygen atoms in total. The normalized spacial score (nSPS) is 13.4. The lowest BCUT2D eigenvalue weighted by atomic mass is 10.0. The molecule has 0 radical (unpaired) electrons. The van der Waals surface area contributed by atoms with Crippen LogP contribution in [0.25, 0.3) is 0 Å². The molecule has 2 aromatic carbocycles. The van der Waals surface area contributed by atoms with Crippen molar-refractivity contribution in [2.45, 2.75) is 18.9 Å². The molecule has 1 N–H and O–H groups in total. The van der Waals surface area contributed by atoms with Crippen LogP contribution in [0.2, 0.25) is 0 Å². The molecule has 0 spiro atoms. The van der Waals surface area contributed by atoms with Crippen LogP contribution in [0.5, 0.6) is 11.6 Å². The lowest BCUT2D eigenvalue weighted by Gasteiger charge is -2.35. The lowest BCUT2D eigenvalue weighted by molar-refractivity contribution is 0.102. The van der Waals surface area contributed by atoms with Gasteiger partial charge in [-0.2, -0.15) is 10.5 Å². The van der Waals surface area contributed by atoms with Crippen molar-refractivity contribution in [3.63, 3.8) is 0 Å². The minimum atomic E-state index is -0.765. The van der Waals surface area contributed by atoms with Gasteiger partial charge in [-0.15, -0.1) is 0 Å². The smallest absolute Gasteiger partial charge is 0.261 e. The molecule has 0 aliphatic carbocycles. The fraction of sp³-hybridized carbons (Fsp3) is 0.231. The van der Waals surface area contributed by atoms with E-state index in [9.17, 15) is 24.1 Å². The zero-order chi connectivity index (χ0) is 25.7. The first-order valence-electron chi connectivity index (χ1n) is 11.1. The van der Waals surface area contributed by atoms with Crippen LogP contribution < -0.4 is 19.7 Å². The van der Waals surface area contributed by atoms with Crippen molar-refractivity contribution < 1.29 is 23.0 Å². The van der Waals surface area contributed by atoms with Gasteiger partial charge in [0, 0.05) is 38.2 Å². The van der Waals surface area contributed by atoms with E-state index in [1.165, 1.54) is 25.4 Å². The number of nitriles is 2. The van der Waals surface area contributed by atoms with Crippen molar-refractivity contribution in [2.24, 2.45) is 0 Å². The van der Waals surface area contributed by atoms with E-state index in [1.54, 1.807) is 18.2 Å². The summed E-state index contributed by atoms with van der Waals surface area (Å²) in [5, 5.41) is 21.8. The first-order chi connectivity index (χ1) is 17.4. The molecule has 182 valence electrons. The molecule has 36 heavy (non-hydrogen) atoms. The van der Waals surface area contributed by atoms with Crippen molar-refractivity contribution in [1.82, 2.24) is 4.98 Å². The molecule has 0 unspecified atom stereocenters. The van der Waals surface area contributed by atoms with Crippen LogP contribution in [-0.2, 0) is 0 Å². The van der Waals surface area contributed by atoms with E-state index in [0.717, 1.165) is 12.1 Å². The number of ether oxygens (including phenoxy) is 2. The molecular formula is C26H21F2N5O3. The van der Waals surface area contributed by atoms with E-state index < -0.39 is 17.5 Å². The summed E-state index contributed by atoms with van der Waals surface area (Å²) in [5.74, 6) is -1.80. The summed E-state index contributed by atoms with van der Waals surface area (Å²) >= 11 is 0. The van der Waals surface area contributed by atoms with Crippen LogP contribution >= 0.6 is 0 Å². The predicted octanol–water partition coefficient (Wildman–Crippen LogP) is 4.41. The number of nitrogens with one attached hydrogen (secondary N) is 1. The number of benzene rings is 2. The van der Waals surface area contributed by atoms with Gasteiger partial charge in [-0.05, 0) is 36.4 Å². The van der Waals surface area contributed by atoms with Gasteiger partial charge in [0.2, 0.25) is 5.88 Å². The Balaban J connectivity index is 1.56. The molecule has 1 aliphatic heterocycles. The number of nitrogens with zero attached hydrogens (tertiary/aromatic N) is 4. The van der Waals surface area contributed by atoms with E-state index in [4.69, 9.17) is 9.47 Å². The Morgan fingerprint density at radius 2 is 1.83 bits per heavy atom. The molecule has 0 atom stereocenters. The van der Waals surface area contributed by atoms with Crippen molar-refractivity contribution in [2.75, 3.05) is 30.4 Å². The fourth-order valence-corrected chi connectivity index (χ4v) is 4.02. The van der Waals surface area contributed by atoms with Gasteiger partial charge in [0.1, 0.15) is 29.6 Å². The second-order valence-electron chi connectivity index (χ2n) is 8.03. The van der Waals surface area contributed by atoms with Gasteiger partial charge in [-0.25, -0.2) is 13.8 Å². The number of aromatic nitrogens is 1. The quantitative estimate of drug-likeness (QED) is 0.546. The third kappa shape index (κ3) is 5.18. The zero-order valence-corrected chi connectivity index (χ0v) is 19.3. The highest BCUT2D eigenvalue weighted by atomic mass is 19.1. The third-order valence-electron chi connectivity index (χ3n) is 5.80. The topological polar surface area (TPSA) is 111 Å². The van der Waals surface area contributed by atoms with Gasteiger partial charge in [-0.3, -0.25) is 4.79 Å². The molecule has 1 fully saturated rings. The van der Waals surface area contributed by atoms with Gasteiger partial charge in [0.25, 0.3) is 5.91 Å². The average Bonchev–Trinajstić information content (AvgIpc) is 2.90. The lowest BCUT2D eigenvalue weighted by Crippen LogP contribution is -2.39. The van der Waals surface area contributed by atoms with Gasteiger partial charge in [0.05, 0.1) is 29.6 Å². The minimum Gasteiger partial charge on any atom is -0.487 e. The Hall–Kier alpha value is -4.70.